The third-order valence-electron chi connectivity index (χ3n) is 8.12. The highest BCUT2D eigenvalue weighted by Gasteiger charge is 2.55. The van der Waals surface area contributed by atoms with Gasteiger partial charge in [-0.15, -0.1) is 0 Å². The maximum Gasteiger partial charge on any atom is 0.338 e. The summed E-state index contributed by atoms with van der Waals surface area (Å²) in [7, 11) is -3.93. The van der Waals surface area contributed by atoms with E-state index in [1.807, 2.05) is 42.5 Å². The van der Waals surface area contributed by atoms with Crippen molar-refractivity contribution in [1.29, 1.82) is 0 Å². The molecule has 1 saturated carbocycles. The van der Waals surface area contributed by atoms with E-state index in [9.17, 15) is 18.3 Å². The molecular weight excluding hydrogens is 510 g/mol. The quantitative estimate of drug-likeness (QED) is 0.293. The van der Waals surface area contributed by atoms with Crippen LogP contribution in [0.2, 0.25) is 0 Å². The number of primary sulfonamides is 1. The second kappa shape index (κ2) is 10.6. The van der Waals surface area contributed by atoms with Crippen LogP contribution in [0.3, 0.4) is 0 Å². The normalized spacial score (nSPS) is 20.5. The van der Waals surface area contributed by atoms with Gasteiger partial charge in [-0.2, -0.15) is 0 Å². The molecule has 1 aliphatic carbocycles. The molecule has 0 amide bonds. The molecule has 39 heavy (non-hydrogen) atoms. The summed E-state index contributed by atoms with van der Waals surface area (Å²) >= 11 is 0. The molecule has 7 heteroatoms. The molecule has 1 heterocycles. The second-order valence-corrected chi connectivity index (χ2v) is 12.5. The van der Waals surface area contributed by atoms with Crippen molar-refractivity contribution < 1.29 is 23.1 Å². The molecule has 3 aromatic carbocycles. The van der Waals surface area contributed by atoms with Gasteiger partial charge < -0.3 is 9.84 Å². The van der Waals surface area contributed by atoms with Gasteiger partial charge in [0.1, 0.15) is 11.4 Å². The standard InChI is InChI=1S/C32H35NO5S/c1-2-17-32(18-16-23-10-4-3-5-11-23)22-27(34)29(30(35)38-32)31(19-20-31)21-24-12-6-7-13-25(24)26-14-8-9-15-28(26)39(33,36)37/h3-15,34H,2,16-22H2,1H3,(H2,33,36,37). The van der Waals surface area contributed by atoms with Crippen molar-refractivity contribution in [3.05, 3.63) is 101 Å². The van der Waals surface area contributed by atoms with Crippen molar-refractivity contribution in [2.24, 2.45) is 10.6 Å². The summed E-state index contributed by atoms with van der Waals surface area (Å²) < 4.78 is 30.8. The number of carbonyl (C=O) groups excluding carboxylic acids is 1. The fourth-order valence-corrected chi connectivity index (χ4v) is 6.85. The Hall–Kier alpha value is -3.42. The van der Waals surface area contributed by atoms with Crippen LogP contribution < -0.4 is 5.14 Å². The van der Waals surface area contributed by atoms with E-state index in [2.05, 4.69) is 19.1 Å². The average molecular weight is 546 g/mol. The van der Waals surface area contributed by atoms with Gasteiger partial charge in [0.15, 0.2) is 0 Å². The fourth-order valence-electron chi connectivity index (χ4n) is 6.10. The number of esters is 1. The number of cyclic esters (lactones) is 1. The van der Waals surface area contributed by atoms with Gasteiger partial charge in [-0.05, 0) is 61.3 Å². The van der Waals surface area contributed by atoms with Crippen molar-refractivity contribution in [1.82, 2.24) is 0 Å². The number of nitrogens with two attached hydrogens (primary N) is 1. The second-order valence-electron chi connectivity index (χ2n) is 11.0. The van der Waals surface area contributed by atoms with Crippen LogP contribution in [0.1, 0.15) is 56.6 Å². The molecule has 3 aromatic rings. The van der Waals surface area contributed by atoms with E-state index < -0.39 is 27.0 Å². The molecule has 1 fully saturated rings. The number of aliphatic hydroxyl groups excluding tert-OH is 1. The summed E-state index contributed by atoms with van der Waals surface area (Å²) in [6, 6.07) is 24.4. The molecule has 3 N–H and O–H groups in total. The minimum Gasteiger partial charge on any atom is -0.512 e. The van der Waals surface area contributed by atoms with Crippen LogP contribution in [0.15, 0.2) is 95.1 Å². The minimum absolute atomic E-state index is 0.0594. The third-order valence-corrected chi connectivity index (χ3v) is 9.09. The van der Waals surface area contributed by atoms with Gasteiger partial charge in [0.05, 0.1) is 10.5 Å². The number of hydrogen-bond acceptors (Lipinski definition) is 5. The van der Waals surface area contributed by atoms with Crippen LogP contribution in [0, 0.1) is 5.41 Å². The van der Waals surface area contributed by atoms with E-state index in [0.29, 0.717) is 36.8 Å². The molecule has 0 radical (unpaired) electrons. The zero-order chi connectivity index (χ0) is 27.7. The SMILES string of the molecule is CCCC1(CCc2ccccc2)CC(O)=C(C2(Cc3ccccc3-c3ccccc3S(N)(=O)=O)CC2)C(=O)O1. The number of aliphatic hydroxyl groups is 1. The molecule has 1 unspecified atom stereocenters. The third kappa shape index (κ3) is 5.65. The highest BCUT2D eigenvalue weighted by atomic mass is 32.2. The Morgan fingerprint density at radius 1 is 0.897 bits per heavy atom. The Bertz CT molecular complexity index is 1510. The van der Waals surface area contributed by atoms with Crippen LogP contribution >= 0.6 is 0 Å². The molecule has 0 aromatic heterocycles. The molecule has 204 valence electrons. The highest BCUT2D eigenvalue weighted by molar-refractivity contribution is 7.89. The Morgan fingerprint density at radius 3 is 2.18 bits per heavy atom. The summed E-state index contributed by atoms with van der Waals surface area (Å²) in [5.41, 5.74) is 2.47. The van der Waals surface area contributed by atoms with Gasteiger partial charge in [-0.25, -0.2) is 18.4 Å². The number of hydrogen-bond donors (Lipinski definition) is 2. The summed E-state index contributed by atoms with van der Waals surface area (Å²) in [4.78, 5) is 13.6. The predicted molar refractivity (Wildman–Crippen MR) is 151 cm³/mol. The first-order valence-electron chi connectivity index (χ1n) is 13.6. The Kier molecular flexibility index (Phi) is 7.40. The lowest BCUT2D eigenvalue weighted by Crippen LogP contribution is -2.42. The van der Waals surface area contributed by atoms with E-state index in [4.69, 9.17) is 9.88 Å². The summed E-state index contributed by atoms with van der Waals surface area (Å²) in [6.07, 6.45) is 5.23. The van der Waals surface area contributed by atoms with Gasteiger partial charge in [0, 0.05) is 17.4 Å². The van der Waals surface area contributed by atoms with E-state index in [0.717, 1.165) is 36.8 Å². The smallest absolute Gasteiger partial charge is 0.338 e. The summed E-state index contributed by atoms with van der Waals surface area (Å²) in [5.74, 6) is -0.298. The van der Waals surface area contributed by atoms with Gasteiger partial charge in [0.2, 0.25) is 10.0 Å². The van der Waals surface area contributed by atoms with Crippen molar-refractivity contribution in [3.63, 3.8) is 0 Å². The van der Waals surface area contributed by atoms with Gasteiger partial charge >= 0.3 is 5.97 Å². The van der Waals surface area contributed by atoms with Crippen molar-refractivity contribution in [2.45, 2.75) is 68.8 Å². The van der Waals surface area contributed by atoms with E-state index >= 15 is 0 Å². The number of aryl methyl sites for hydroxylation is 1. The first-order valence-corrected chi connectivity index (χ1v) is 15.1. The van der Waals surface area contributed by atoms with Gasteiger partial charge in [-0.1, -0.05) is 86.1 Å². The topological polar surface area (TPSA) is 107 Å². The van der Waals surface area contributed by atoms with Crippen LogP contribution in [-0.4, -0.2) is 25.1 Å². The molecule has 2 aliphatic rings. The van der Waals surface area contributed by atoms with Gasteiger partial charge in [-0.3, -0.25) is 0 Å². The maximum atomic E-state index is 13.6. The molecule has 5 rings (SSSR count). The lowest BCUT2D eigenvalue weighted by atomic mass is 9.79. The molecule has 6 nitrogen and oxygen atoms in total. The molecular formula is C32H35NO5S. The Morgan fingerprint density at radius 2 is 1.54 bits per heavy atom. The number of rotatable bonds is 10. The lowest BCUT2D eigenvalue weighted by Gasteiger charge is -2.39. The predicted octanol–water partition coefficient (Wildman–Crippen LogP) is 6.25. The first kappa shape index (κ1) is 27.2. The zero-order valence-electron chi connectivity index (χ0n) is 22.2. The van der Waals surface area contributed by atoms with Crippen molar-refractivity contribution in [3.8, 4) is 11.1 Å². The highest BCUT2D eigenvalue weighted by Crippen LogP contribution is 2.58. The van der Waals surface area contributed by atoms with Crippen LogP contribution in [0.25, 0.3) is 11.1 Å². The van der Waals surface area contributed by atoms with E-state index in [1.165, 1.54) is 11.6 Å². The molecule has 0 bridgehead atoms. The zero-order valence-corrected chi connectivity index (χ0v) is 23.0. The van der Waals surface area contributed by atoms with Crippen molar-refractivity contribution >= 4 is 16.0 Å². The largest absolute Gasteiger partial charge is 0.512 e. The Balaban J connectivity index is 1.45. The van der Waals surface area contributed by atoms with Gasteiger partial charge in [0.25, 0.3) is 0 Å². The van der Waals surface area contributed by atoms with E-state index in [1.54, 1.807) is 18.2 Å². The monoisotopic (exact) mass is 545 g/mol. The molecule has 1 atom stereocenters. The number of sulfonamides is 1. The van der Waals surface area contributed by atoms with E-state index in [-0.39, 0.29) is 10.7 Å². The number of carbonyl (C=O) groups is 1. The van der Waals surface area contributed by atoms with Crippen LogP contribution in [0.5, 0.6) is 0 Å². The fraction of sp³-hybridized carbons (Fsp3) is 0.344. The summed E-state index contributed by atoms with van der Waals surface area (Å²) in [6.45, 7) is 2.06. The summed E-state index contributed by atoms with van der Waals surface area (Å²) in [5, 5.41) is 16.9. The van der Waals surface area contributed by atoms with Crippen LogP contribution in [-0.2, 0) is 32.4 Å². The minimum atomic E-state index is -3.93. The molecule has 0 spiro atoms. The first-order chi connectivity index (χ1) is 18.7. The molecule has 1 aliphatic heterocycles. The lowest BCUT2D eigenvalue weighted by molar-refractivity contribution is -0.161. The van der Waals surface area contributed by atoms with Crippen LogP contribution in [0.4, 0.5) is 0 Å². The van der Waals surface area contributed by atoms with Crippen molar-refractivity contribution in [2.75, 3.05) is 0 Å². The Labute approximate surface area is 230 Å². The molecule has 0 saturated heterocycles. The maximum absolute atomic E-state index is 13.6. The average Bonchev–Trinajstić information content (AvgIpc) is 3.67. The number of benzene rings is 3. The number of ether oxygens (including phenoxy) is 1.